The van der Waals surface area contributed by atoms with Crippen LogP contribution in [0.1, 0.15) is 50.8 Å². The van der Waals surface area contributed by atoms with Crippen molar-refractivity contribution < 1.29 is 23.9 Å². The summed E-state index contributed by atoms with van der Waals surface area (Å²) in [6, 6.07) is 17.6. The van der Waals surface area contributed by atoms with Crippen molar-refractivity contribution in [1.82, 2.24) is 15.5 Å². The molecule has 1 fully saturated rings. The predicted octanol–water partition coefficient (Wildman–Crippen LogP) is 4.42. The van der Waals surface area contributed by atoms with Gasteiger partial charge >= 0.3 is 12.2 Å². The molecule has 1 saturated heterocycles. The molecule has 8 nitrogen and oxygen atoms in total. The van der Waals surface area contributed by atoms with Gasteiger partial charge in [0.05, 0.1) is 0 Å². The predicted molar refractivity (Wildman–Crippen MR) is 132 cm³/mol. The van der Waals surface area contributed by atoms with Gasteiger partial charge in [-0.05, 0) is 50.7 Å². The lowest BCUT2D eigenvalue weighted by Crippen LogP contribution is -2.45. The molecule has 1 atom stereocenters. The minimum absolute atomic E-state index is 0.117. The molecular weight excluding hydrogens is 446 g/mol. The summed E-state index contributed by atoms with van der Waals surface area (Å²) in [7, 11) is 0. The molecule has 2 aromatic carbocycles. The molecule has 35 heavy (non-hydrogen) atoms. The smallest absolute Gasteiger partial charge is 0.410 e. The van der Waals surface area contributed by atoms with Crippen LogP contribution in [0.2, 0.25) is 0 Å². The Balaban J connectivity index is 1.51. The number of nitrogens with one attached hydrogen (secondary N) is 2. The minimum Gasteiger partial charge on any atom is -0.445 e. The Labute approximate surface area is 207 Å². The molecular formula is C27H35N3O5. The van der Waals surface area contributed by atoms with Crippen molar-refractivity contribution in [2.75, 3.05) is 19.6 Å². The van der Waals surface area contributed by atoms with Crippen LogP contribution in [0.4, 0.5) is 9.59 Å². The number of hydrogen-bond acceptors (Lipinski definition) is 5. The standard InChI is InChI=1S/C27H35N3O5/c1-27(2,3)35-26(33)30-16-14-20(15-17-30)18-28-24(31)23(22-12-8-5-9-13-22)29-25(32)34-19-21-10-6-4-7-11-21/h4-13,20,23H,14-19H2,1-3H3,(H,28,31)(H,29,32)/t23-/m1/s1. The number of rotatable bonds is 7. The molecule has 1 aliphatic heterocycles. The maximum absolute atomic E-state index is 13.1. The minimum atomic E-state index is -0.874. The second-order valence-corrected chi connectivity index (χ2v) is 9.71. The molecule has 1 aliphatic rings. The van der Waals surface area contributed by atoms with E-state index in [1.165, 1.54) is 0 Å². The molecule has 0 bridgehead atoms. The molecule has 2 aromatic rings. The van der Waals surface area contributed by atoms with Crippen LogP contribution >= 0.6 is 0 Å². The van der Waals surface area contributed by atoms with Crippen LogP contribution in [-0.4, -0.2) is 48.2 Å². The summed E-state index contributed by atoms with van der Waals surface area (Å²) in [5.74, 6) is -0.0680. The first-order valence-corrected chi connectivity index (χ1v) is 12.0. The molecule has 0 aromatic heterocycles. The fourth-order valence-corrected chi connectivity index (χ4v) is 3.82. The van der Waals surface area contributed by atoms with Crippen molar-refractivity contribution in [1.29, 1.82) is 0 Å². The molecule has 0 spiro atoms. The number of likely N-dealkylation sites (tertiary alicyclic amines) is 1. The summed E-state index contributed by atoms with van der Waals surface area (Å²) < 4.78 is 10.8. The SMILES string of the molecule is CC(C)(C)OC(=O)N1CCC(CNC(=O)[C@H](NC(=O)OCc2ccccc2)c2ccccc2)CC1. The van der Waals surface area contributed by atoms with E-state index >= 15 is 0 Å². The number of benzene rings is 2. The molecule has 0 saturated carbocycles. The van der Waals surface area contributed by atoms with E-state index in [4.69, 9.17) is 9.47 Å². The Hall–Kier alpha value is -3.55. The van der Waals surface area contributed by atoms with Gasteiger partial charge < -0.3 is 25.0 Å². The van der Waals surface area contributed by atoms with E-state index in [1.54, 1.807) is 17.0 Å². The van der Waals surface area contributed by atoms with Gasteiger partial charge in [0.15, 0.2) is 0 Å². The first-order chi connectivity index (χ1) is 16.7. The highest BCUT2D eigenvalue weighted by Crippen LogP contribution is 2.20. The molecule has 0 unspecified atom stereocenters. The number of piperidine rings is 1. The van der Waals surface area contributed by atoms with E-state index in [9.17, 15) is 14.4 Å². The lowest BCUT2D eigenvalue weighted by Gasteiger charge is -2.33. The summed E-state index contributed by atoms with van der Waals surface area (Å²) >= 11 is 0. The Morgan fingerprint density at radius 1 is 0.971 bits per heavy atom. The monoisotopic (exact) mass is 481 g/mol. The topological polar surface area (TPSA) is 97.0 Å². The van der Waals surface area contributed by atoms with Crippen molar-refractivity contribution in [2.24, 2.45) is 5.92 Å². The number of carbonyl (C=O) groups excluding carboxylic acids is 3. The molecule has 0 radical (unpaired) electrons. The van der Waals surface area contributed by atoms with Crippen LogP contribution in [0, 0.1) is 5.92 Å². The molecule has 188 valence electrons. The number of hydrogen-bond donors (Lipinski definition) is 2. The van der Waals surface area contributed by atoms with Crippen LogP contribution in [0.25, 0.3) is 0 Å². The van der Waals surface area contributed by atoms with E-state index in [0.717, 1.165) is 18.4 Å². The van der Waals surface area contributed by atoms with E-state index in [0.29, 0.717) is 25.2 Å². The van der Waals surface area contributed by atoms with E-state index in [2.05, 4.69) is 10.6 Å². The van der Waals surface area contributed by atoms with Crippen LogP contribution in [0.15, 0.2) is 60.7 Å². The molecule has 2 N–H and O–H groups in total. The molecule has 0 aliphatic carbocycles. The highest BCUT2D eigenvalue weighted by atomic mass is 16.6. The first kappa shape index (κ1) is 26.1. The zero-order chi connectivity index (χ0) is 25.3. The molecule has 1 heterocycles. The van der Waals surface area contributed by atoms with Gasteiger partial charge in [-0.15, -0.1) is 0 Å². The van der Waals surface area contributed by atoms with Gasteiger partial charge in [-0.2, -0.15) is 0 Å². The maximum atomic E-state index is 13.1. The van der Waals surface area contributed by atoms with Crippen molar-refractivity contribution in [3.05, 3.63) is 71.8 Å². The zero-order valence-corrected chi connectivity index (χ0v) is 20.7. The maximum Gasteiger partial charge on any atom is 0.410 e. The third-order valence-electron chi connectivity index (χ3n) is 5.70. The molecule has 8 heteroatoms. The Morgan fingerprint density at radius 3 is 2.17 bits per heavy atom. The average Bonchev–Trinajstić information content (AvgIpc) is 2.85. The first-order valence-electron chi connectivity index (χ1n) is 12.0. The number of carbonyl (C=O) groups is 3. The second-order valence-electron chi connectivity index (χ2n) is 9.71. The number of nitrogens with zero attached hydrogens (tertiary/aromatic N) is 1. The molecule has 3 rings (SSSR count). The quantitative estimate of drug-likeness (QED) is 0.610. The summed E-state index contributed by atoms with van der Waals surface area (Å²) in [5, 5.41) is 5.66. The Morgan fingerprint density at radius 2 is 1.57 bits per heavy atom. The third-order valence-corrected chi connectivity index (χ3v) is 5.70. The summed E-state index contributed by atoms with van der Waals surface area (Å²) in [4.78, 5) is 39.5. The number of alkyl carbamates (subject to hydrolysis) is 1. The lowest BCUT2D eigenvalue weighted by molar-refractivity contribution is -0.123. The number of ether oxygens (including phenoxy) is 2. The van der Waals surface area contributed by atoms with Gasteiger partial charge in [0.25, 0.3) is 0 Å². The fraction of sp³-hybridized carbons (Fsp3) is 0.444. The van der Waals surface area contributed by atoms with Gasteiger partial charge in [0.2, 0.25) is 5.91 Å². The summed E-state index contributed by atoms with van der Waals surface area (Å²) in [6.07, 6.45) is 0.565. The fourth-order valence-electron chi connectivity index (χ4n) is 3.82. The van der Waals surface area contributed by atoms with Gasteiger partial charge in [-0.25, -0.2) is 9.59 Å². The third kappa shape index (κ3) is 8.63. The highest BCUT2D eigenvalue weighted by molar-refractivity contribution is 5.86. The Bertz CT molecular complexity index is 967. The normalized spacial score (nSPS) is 15.1. The lowest BCUT2D eigenvalue weighted by atomic mass is 9.96. The van der Waals surface area contributed by atoms with Gasteiger partial charge in [-0.3, -0.25) is 4.79 Å². The van der Waals surface area contributed by atoms with Crippen molar-refractivity contribution >= 4 is 18.1 Å². The Kier molecular flexibility index (Phi) is 9.11. The van der Waals surface area contributed by atoms with Crippen LogP contribution < -0.4 is 10.6 Å². The summed E-state index contributed by atoms with van der Waals surface area (Å²) in [6.45, 7) is 7.30. The largest absolute Gasteiger partial charge is 0.445 e. The van der Waals surface area contributed by atoms with Crippen molar-refractivity contribution in [3.8, 4) is 0 Å². The van der Waals surface area contributed by atoms with Gasteiger partial charge in [-0.1, -0.05) is 60.7 Å². The zero-order valence-electron chi connectivity index (χ0n) is 20.7. The van der Waals surface area contributed by atoms with E-state index in [1.807, 2.05) is 69.3 Å². The average molecular weight is 482 g/mol. The van der Waals surface area contributed by atoms with Crippen LogP contribution in [-0.2, 0) is 20.9 Å². The van der Waals surface area contributed by atoms with E-state index in [-0.39, 0.29) is 24.5 Å². The van der Waals surface area contributed by atoms with Crippen molar-refractivity contribution in [2.45, 2.75) is 51.9 Å². The highest BCUT2D eigenvalue weighted by Gasteiger charge is 2.28. The van der Waals surface area contributed by atoms with Gasteiger partial charge in [0, 0.05) is 19.6 Å². The summed E-state index contributed by atoms with van der Waals surface area (Å²) in [5.41, 5.74) is 1.01. The second kappa shape index (κ2) is 12.2. The number of amides is 3. The van der Waals surface area contributed by atoms with Crippen molar-refractivity contribution in [3.63, 3.8) is 0 Å². The van der Waals surface area contributed by atoms with E-state index < -0.39 is 17.7 Å². The van der Waals surface area contributed by atoms with Crippen LogP contribution in [0.3, 0.4) is 0 Å². The van der Waals surface area contributed by atoms with Gasteiger partial charge in [0.1, 0.15) is 18.2 Å². The van der Waals surface area contributed by atoms with Crippen LogP contribution in [0.5, 0.6) is 0 Å². The molecule has 3 amide bonds.